The molecule has 0 spiro atoms. The number of ether oxygens (including phenoxy) is 1. The highest BCUT2D eigenvalue weighted by Crippen LogP contribution is 2.31. The number of hydrogen-bond acceptors (Lipinski definition) is 2. The number of benzene rings is 2. The Morgan fingerprint density at radius 3 is 2.62 bits per heavy atom. The molecule has 0 bridgehead atoms. The quantitative estimate of drug-likeness (QED) is 0.718. The SMILES string of the molecule is CCC(N)Cc1cccc(Br)c1OCc1cccc(Br)c1. The summed E-state index contributed by atoms with van der Waals surface area (Å²) in [5.41, 5.74) is 8.35. The van der Waals surface area contributed by atoms with Crippen LogP contribution in [0.1, 0.15) is 24.5 Å². The van der Waals surface area contributed by atoms with Crippen LogP contribution < -0.4 is 10.5 Å². The fraction of sp³-hybridized carbons (Fsp3) is 0.294. The van der Waals surface area contributed by atoms with Crippen molar-refractivity contribution in [3.05, 3.63) is 62.5 Å². The maximum absolute atomic E-state index is 6.07. The van der Waals surface area contributed by atoms with Gasteiger partial charge in [-0.3, -0.25) is 0 Å². The van der Waals surface area contributed by atoms with E-state index in [0.717, 1.165) is 38.7 Å². The summed E-state index contributed by atoms with van der Waals surface area (Å²) in [4.78, 5) is 0. The van der Waals surface area contributed by atoms with Gasteiger partial charge < -0.3 is 10.5 Å². The Bertz CT molecular complexity index is 601. The molecule has 0 aliphatic rings. The molecule has 0 aromatic heterocycles. The van der Waals surface area contributed by atoms with E-state index in [2.05, 4.69) is 57.0 Å². The molecule has 0 saturated heterocycles. The van der Waals surface area contributed by atoms with Crippen LogP contribution in [0.3, 0.4) is 0 Å². The topological polar surface area (TPSA) is 35.2 Å². The molecule has 1 atom stereocenters. The van der Waals surface area contributed by atoms with E-state index in [1.165, 1.54) is 0 Å². The lowest BCUT2D eigenvalue weighted by Crippen LogP contribution is -2.21. The van der Waals surface area contributed by atoms with Crippen molar-refractivity contribution in [2.75, 3.05) is 0 Å². The molecule has 2 aromatic carbocycles. The average molecular weight is 413 g/mol. The van der Waals surface area contributed by atoms with Crippen LogP contribution in [0.4, 0.5) is 0 Å². The molecule has 0 amide bonds. The number of hydrogen-bond donors (Lipinski definition) is 1. The fourth-order valence-corrected chi connectivity index (χ4v) is 3.05. The average Bonchev–Trinajstić information content (AvgIpc) is 2.46. The Labute approximate surface area is 143 Å². The van der Waals surface area contributed by atoms with Crippen molar-refractivity contribution in [2.24, 2.45) is 5.73 Å². The van der Waals surface area contributed by atoms with Gasteiger partial charge in [-0.15, -0.1) is 0 Å². The van der Waals surface area contributed by atoms with E-state index in [4.69, 9.17) is 10.5 Å². The lowest BCUT2D eigenvalue weighted by molar-refractivity contribution is 0.300. The van der Waals surface area contributed by atoms with Crippen LogP contribution in [0.15, 0.2) is 51.4 Å². The predicted molar refractivity (Wildman–Crippen MR) is 94.6 cm³/mol. The van der Waals surface area contributed by atoms with Crippen molar-refractivity contribution in [3.8, 4) is 5.75 Å². The lowest BCUT2D eigenvalue weighted by Gasteiger charge is -2.16. The van der Waals surface area contributed by atoms with E-state index in [1.807, 2.05) is 24.3 Å². The highest BCUT2D eigenvalue weighted by Gasteiger charge is 2.11. The van der Waals surface area contributed by atoms with Crippen LogP contribution in [0.2, 0.25) is 0 Å². The number of para-hydroxylation sites is 1. The molecule has 112 valence electrons. The smallest absolute Gasteiger partial charge is 0.137 e. The zero-order valence-electron chi connectivity index (χ0n) is 12.0. The highest BCUT2D eigenvalue weighted by atomic mass is 79.9. The Morgan fingerprint density at radius 2 is 1.90 bits per heavy atom. The maximum Gasteiger partial charge on any atom is 0.137 e. The number of rotatable bonds is 6. The zero-order chi connectivity index (χ0) is 15.2. The number of nitrogens with two attached hydrogens (primary N) is 1. The normalized spacial score (nSPS) is 12.2. The molecule has 2 aromatic rings. The molecule has 0 heterocycles. The zero-order valence-corrected chi connectivity index (χ0v) is 15.2. The van der Waals surface area contributed by atoms with Crippen LogP contribution in [0.5, 0.6) is 5.75 Å². The van der Waals surface area contributed by atoms with Gasteiger partial charge in [-0.2, -0.15) is 0 Å². The second-order valence-electron chi connectivity index (χ2n) is 5.02. The van der Waals surface area contributed by atoms with Crippen LogP contribution in [-0.2, 0) is 13.0 Å². The predicted octanol–water partition coefficient (Wildman–Crippen LogP) is 5.07. The summed E-state index contributed by atoms with van der Waals surface area (Å²) in [5.74, 6) is 0.890. The van der Waals surface area contributed by atoms with Gasteiger partial charge in [-0.1, -0.05) is 47.1 Å². The molecule has 0 fully saturated rings. The first kappa shape index (κ1) is 16.5. The summed E-state index contributed by atoms with van der Waals surface area (Å²) >= 11 is 7.05. The Morgan fingerprint density at radius 1 is 1.14 bits per heavy atom. The summed E-state index contributed by atoms with van der Waals surface area (Å²) in [6.45, 7) is 2.64. The van der Waals surface area contributed by atoms with E-state index < -0.39 is 0 Å². The van der Waals surface area contributed by atoms with Gasteiger partial charge in [-0.25, -0.2) is 0 Å². The molecule has 1 unspecified atom stereocenters. The van der Waals surface area contributed by atoms with Crippen molar-refractivity contribution in [2.45, 2.75) is 32.4 Å². The largest absolute Gasteiger partial charge is 0.487 e. The van der Waals surface area contributed by atoms with Crippen LogP contribution in [0.25, 0.3) is 0 Å². The first-order valence-corrected chi connectivity index (χ1v) is 8.59. The minimum atomic E-state index is 0.160. The Kier molecular flexibility index (Phi) is 6.27. The lowest BCUT2D eigenvalue weighted by atomic mass is 10.0. The maximum atomic E-state index is 6.07. The Balaban J connectivity index is 2.15. The minimum Gasteiger partial charge on any atom is -0.487 e. The summed E-state index contributed by atoms with van der Waals surface area (Å²) < 4.78 is 8.06. The third-order valence-corrected chi connectivity index (χ3v) is 4.44. The van der Waals surface area contributed by atoms with Gasteiger partial charge in [0.2, 0.25) is 0 Å². The second kappa shape index (κ2) is 7.97. The van der Waals surface area contributed by atoms with Gasteiger partial charge in [0.25, 0.3) is 0 Å². The van der Waals surface area contributed by atoms with E-state index >= 15 is 0 Å². The molecule has 0 aliphatic carbocycles. The minimum absolute atomic E-state index is 0.160. The first-order valence-electron chi connectivity index (χ1n) is 7.00. The standard InChI is InChI=1S/C17H19Br2NO/c1-2-15(20)10-13-6-4-8-16(19)17(13)21-11-12-5-3-7-14(18)9-12/h3-9,15H,2,10-11,20H2,1H3. The van der Waals surface area contributed by atoms with Crippen molar-refractivity contribution < 1.29 is 4.74 Å². The molecule has 0 saturated carbocycles. The molecule has 0 aliphatic heterocycles. The van der Waals surface area contributed by atoms with E-state index in [1.54, 1.807) is 0 Å². The Hall–Kier alpha value is -0.840. The van der Waals surface area contributed by atoms with Crippen molar-refractivity contribution in [1.29, 1.82) is 0 Å². The molecule has 2 rings (SSSR count). The van der Waals surface area contributed by atoms with Gasteiger partial charge >= 0.3 is 0 Å². The molecule has 2 nitrogen and oxygen atoms in total. The fourth-order valence-electron chi connectivity index (χ4n) is 2.08. The molecular formula is C17H19Br2NO. The van der Waals surface area contributed by atoms with Gasteiger partial charge in [0, 0.05) is 10.5 Å². The van der Waals surface area contributed by atoms with Crippen molar-refractivity contribution in [1.82, 2.24) is 0 Å². The van der Waals surface area contributed by atoms with Gasteiger partial charge in [-0.05, 0) is 58.1 Å². The molecule has 4 heteroatoms. The first-order chi connectivity index (χ1) is 10.1. The molecule has 2 N–H and O–H groups in total. The summed E-state index contributed by atoms with van der Waals surface area (Å²) in [7, 11) is 0. The summed E-state index contributed by atoms with van der Waals surface area (Å²) in [5, 5.41) is 0. The van der Waals surface area contributed by atoms with Crippen molar-refractivity contribution in [3.63, 3.8) is 0 Å². The monoisotopic (exact) mass is 411 g/mol. The van der Waals surface area contributed by atoms with E-state index in [0.29, 0.717) is 6.61 Å². The molecule has 0 radical (unpaired) electrons. The van der Waals surface area contributed by atoms with Crippen LogP contribution >= 0.6 is 31.9 Å². The molecule has 21 heavy (non-hydrogen) atoms. The summed E-state index contributed by atoms with van der Waals surface area (Å²) in [6, 6.07) is 14.4. The summed E-state index contributed by atoms with van der Waals surface area (Å²) in [6.07, 6.45) is 1.78. The second-order valence-corrected chi connectivity index (χ2v) is 6.79. The van der Waals surface area contributed by atoms with Gasteiger partial charge in [0.15, 0.2) is 0 Å². The third-order valence-electron chi connectivity index (χ3n) is 3.33. The van der Waals surface area contributed by atoms with Crippen LogP contribution in [-0.4, -0.2) is 6.04 Å². The number of halogens is 2. The van der Waals surface area contributed by atoms with E-state index in [-0.39, 0.29) is 6.04 Å². The highest BCUT2D eigenvalue weighted by molar-refractivity contribution is 9.10. The van der Waals surface area contributed by atoms with Crippen LogP contribution in [0, 0.1) is 0 Å². The van der Waals surface area contributed by atoms with Gasteiger partial charge in [0.05, 0.1) is 4.47 Å². The van der Waals surface area contributed by atoms with Crippen molar-refractivity contribution >= 4 is 31.9 Å². The molecular weight excluding hydrogens is 394 g/mol. The van der Waals surface area contributed by atoms with Gasteiger partial charge in [0.1, 0.15) is 12.4 Å². The third kappa shape index (κ3) is 4.83. The van der Waals surface area contributed by atoms with E-state index in [9.17, 15) is 0 Å².